The highest BCUT2D eigenvalue weighted by atomic mass is 16.5. The van der Waals surface area contributed by atoms with Crippen LogP contribution in [0.4, 0.5) is 10.5 Å². The lowest BCUT2D eigenvalue weighted by molar-refractivity contribution is 0.0526. The van der Waals surface area contributed by atoms with Crippen LogP contribution in [0.15, 0.2) is 24.3 Å². The van der Waals surface area contributed by atoms with Gasteiger partial charge in [0.1, 0.15) is 0 Å². The fraction of sp³-hybridized carbons (Fsp3) is 0.500. The molecule has 1 aliphatic carbocycles. The zero-order chi connectivity index (χ0) is 15.9. The van der Waals surface area contributed by atoms with Crippen LogP contribution in [-0.2, 0) is 4.74 Å². The number of esters is 1. The fourth-order valence-electron chi connectivity index (χ4n) is 2.48. The van der Waals surface area contributed by atoms with E-state index in [9.17, 15) is 14.7 Å². The zero-order valence-electron chi connectivity index (χ0n) is 12.7. The monoisotopic (exact) mass is 306 g/mol. The predicted octanol–water partition coefficient (Wildman–Crippen LogP) is 2.29. The van der Waals surface area contributed by atoms with E-state index in [4.69, 9.17) is 4.74 Å². The van der Waals surface area contributed by atoms with Gasteiger partial charge in [-0.3, -0.25) is 0 Å². The fourth-order valence-corrected chi connectivity index (χ4v) is 2.48. The van der Waals surface area contributed by atoms with Gasteiger partial charge in [-0.15, -0.1) is 0 Å². The van der Waals surface area contributed by atoms with Crippen molar-refractivity contribution in [1.29, 1.82) is 0 Å². The van der Waals surface area contributed by atoms with Gasteiger partial charge in [0.15, 0.2) is 0 Å². The molecular weight excluding hydrogens is 284 g/mol. The molecule has 1 aliphatic rings. The summed E-state index contributed by atoms with van der Waals surface area (Å²) in [5, 5.41) is 15.1. The first kappa shape index (κ1) is 16.3. The number of aliphatic hydroxyl groups excluding tert-OH is 1. The highest BCUT2D eigenvalue weighted by Crippen LogP contribution is 2.18. The molecule has 0 radical (unpaired) electrons. The average molecular weight is 306 g/mol. The minimum absolute atomic E-state index is 0.0993. The Kier molecular flexibility index (Phi) is 5.77. The molecule has 2 rings (SSSR count). The molecule has 2 amide bonds. The summed E-state index contributed by atoms with van der Waals surface area (Å²) in [6.07, 6.45) is 2.78. The predicted molar refractivity (Wildman–Crippen MR) is 82.8 cm³/mol. The SMILES string of the molecule is CCOC(=O)c1ccc(NC(=O)NC2CCC(O)CC2)cc1. The number of amides is 2. The summed E-state index contributed by atoms with van der Waals surface area (Å²) in [6, 6.07) is 6.38. The van der Waals surface area contributed by atoms with Crippen molar-refractivity contribution in [3.05, 3.63) is 29.8 Å². The minimum Gasteiger partial charge on any atom is -0.462 e. The average Bonchev–Trinajstić information content (AvgIpc) is 2.50. The van der Waals surface area contributed by atoms with Crippen molar-refractivity contribution in [1.82, 2.24) is 5.32 Å². The second-order valence-corrected chi connectivity index (χ2v) is 5.40. The standard InChI is InChI=1S/C16H22N2O4/c1-2-22-15(20)11-3-5-12(6-4-11)17-16(21)18-13-7-9-14(19)10-8-13/h3-6,13-14,19H,2,7-10H2,1H3,(H2,17,18,21). The quantitative estimate of drug-likeness (QED) is 0.745. The van der Waals surface area contributed by atoms with Crippen LogP contribution in [0.25, 0.3) is 0 Å². The molecule has 6 nitrogen and oxygen atoms in total. The van der Waals surface area contributed by atoms with Gasteiger partial charge in [-0.2, -0.15) is 0 Å². The second-order valence-electron chi connectivity index (χ2n) is 5.40. The van der Waals surface area contributed by atoms with Gasteiger partial charge in [0, 0.05) is 11.7 Å². The minimum atomic E-state index is -0.376. The van der Waals surface area contributed by atoms with Crippen molar-refractivity contribution in [3.8, 4) is 0 Å². The third-order valence-electron chi connectivity index (χ3n) is 3.69. The molecule has 1 saturated carbocycles. The van der Waals surface area contributed by atoms with E-state index in [-0.39, 0.29) is 24.1 Å². The lowest BCUT2D eigenvalue weighted by Gasteiger charge is -2.26. The van der Waals surface area contributed by atoms with Gasteiger partial charge in [-0.1, -0.05) is 0 Å². The van der Waals surface area contributed by atoms with E-state index in [1.54, 1.807) is 31.2 Å². The van der Waals surface area contributed by atoms with Gasteiger partial charge < -0.3 is 20.5 Å². The maximum atomic E-state index is 11.9. The van der Waals surface area contributed by atoms with Crippen molar-refractivity contribution in [2.24, 2.45) is 0 Å². The molecule has 0 aromatic heterocycles. The molecule has 0 heterocycles. The molecule has 6 heteroatoms. The molecule has 0 aliphatic heterocycles. The van der Waals surface area contributed by atoms with Crippen LogP contribution < -0.4 is 10.6 Å². The van der Waals surface area contributed by atoms with Gasteiger partial charge in [0.2, 0.25) is 0 Å². The Labute approximate surface area is 129 Å². The van der Waals surface area contributed by atoms with Crippen LogP contribution >= 0.6 is 0 Å². The molecule has 0 atom stereocenters. The number of anilines is 1. The number of hydrogen-bond acceptors (Lipinski definition) is 4. The normalized spacial score (nSPS) is 21.0. The maximum absolute atomic E-state index is 11.9. The Hall–Kier alpha value is -2.08. The van der Waals surface area contributed by atoms with Crippen LogP contribution in [0.2, 0.25) is 0 Å². The third kappa shape index (κ3) is 4.73. The van der Waals surface area contributed by atoms with Gasteiger partial charge in [-0.05, 0) is 56.9 Å². The Morgan fingerprint density at radius 3 is 2.41 bits per heavy atom. The van der Waals surface area contributed by atoms with E-state index in [1.165, 1.54) is 0 Å². The maximum Gasteiger partial charge on any atom is 0.338 e. The molecule has 22 heavy (non-hydrogen) atoms. The van der Waals surface area contributed by atoms with Crippen molar-refractivity contribution < 1.29 is 19.4 Å². The van der Waals surface area contributed by atoms with Crippen LogP contribution in [0, 0.1) is 0 Å². The molecule has 0 saturated heterocycles. The Morgan fingerprint density at radius 2 is 1.82 bits per heavy atom. The van der Waals surface area contributed by atoms with E-state index < -0.39 is 0 Å². The van der Waals surface area contributed by atoms with Crippen LogP contribution in [0.1, 0.15) is 43.0 Å². The summed E-state index contributed by atoms with van der Waals surface area (Å²) in [4.78, 5) is 23.4. The van der Waals surface area contributed by atoms with E-state index in [2.05, 4.69) is 10.6 Å². The first-order chi connectivity index (χ1) is 10.6. The Bertz CT molecular complexity index is 507. The van der Waals surface area contributed by atoms with Gasteiger partial charge in [-0.25, -0.2) is 9.59 Å². The van der Waals surface area contributed by atoms with Gasteiger partial charge in [0.25, 0.3) is 0 Å². The number of rotatable bonds is 4. The molecule has 1 fully saturated rings. The van der Waals surface area contributed by atoms with Crippen molar-refractivity contribution in [2.45, 2.75) is 44.8 Å². The Balaban J connectivity index is 1.82. The highest BCUT2D eigenvalue weighted by molar-refractivity contribution is 5.92. The number of benzene rings is 1. The van der Waals surface area contributed by atoms with E-state index in [1.807, 2.05) is 0 Å². The molecule has 0 spiro atoms. The summed E-state index contributed by atoms with van der Waals surface area (Å²) in [7, 11) is 0. The van der Waals surface area contributed by atoms with E-state index >= 15 is 0 Å². The zero-order valence-corrected chi connectivity index (χ0v) is 12.7. The van der Waals surface area contributed by atoms with Crippen molar-refractivity contribution in [2.75, 3.05) is 11.9 Å². The summed E-state index contributed by atoms with van der Waals surface area (Å²) in [5.74, 6) is -0.376. The second kappa shape index (κ2) is 7.79. The van der Waals surface area contributed by atoms with Crippen molar-refractivity contribution in [3.63, 3.8) is 0 Å². The summed E-state index contributed by atoms with van der Waals surface area (Å²) >= 11 is 0. The van der Waals surface area contributed by atoms with Crippen LogP contribution in [0.3, 0.4) is 0 Å². The van der Waals surface area contributed by atoms with Gasteiger partial charge in [0.05, 0.1) is 18.3 Å². The number of carbonyl (C=O) groups is 2. The number of hydrogen-bond donors (Lipinski definition) is 3. The molecule has 120 valence electrons. The summed E-state index contributed by atoms with van der Waals surface area (Å²) in [6.45, 7) is 2.08. The number of carbonyl (C=O) groups excluding carboxylic acids is 2. The molecular formula is C16H22N2O4. The molecule has 1 aromatic rings. The topological polar surface area (TPSA) is 87.7 Å². The highest BCUT2D eigenvalue weighted by Gasteiger charge is 2.20. The molecule has 0 unspecified atom stereocenters. The van der Waals surface area contributed by atoms with Gasteiger partial charge >= 0.3 is 12.0 Å². The lowest BCUT2D eigenvalue weighted by atomic mass is 9.93. The number of urea groups is 1. The van der Waals surface area contributed by atoms with Crippen molar-refractivity contribution >= 4 is 17.7 Å². The number of ether oxygens (including phenoxy) is 1. The number of aliphatic hydroxyl groups is 1. The Morgan fingerprint density at radius 1 is 1.18 bits per heavy atom. The third-order valence-corrected chi connectivity index (χ3v) is 3.69. The molecule has 0 bridgehead atoms. The number of nitrogens with one attached hydrogen (secondary N) is 2. The molecule has 3 N–H and O–H groups in total. The first-order valence-corrected chi connectivity index (χ1v) is 7.61. The largest absolute Gasteiger partial charge is 0.462 e. The lowest BCUT2D eigenvalue weighted by Crippen LogP contribution is -2.40. The summed E-state index contributed by atoms with van der Waals surface area (Å²) < 4.78 is 4.90. The van der Waals surface area contributed by atoms with E-state index in [0.717, 1.165) is 25.7 Å². The van der Waals surface area contributed by atoms with Crippen LogP contribution in [-0.4, -0.2) is 35.9 Å². The van der Waals surface area contributed by atoms with E-state index in [0.29, 0.717) is 17.9 Å². The van der Waals surface area contributed by atoms with Crippen LogP contribution in [0.5, 0.6) is 0 Å². The molecule has 1 aromatic carbocycles. The first-order valence-electron chi connectivity index (χ1n) is 7.61. The smallest absolute Gasteiger partial charge is 0.338 e. The summed E-state index contributed by atoms with van der Waals surface area (Å²) in [5.41, 5.74) is 1.07.